The smallest absolute Gasteiger partial charge is 0.226 e. The van der Waals surface area contributed by atoms with Crippen molar-refractivity contribution in [2.24, 2.45) is 23.5 Å². The van der Waals surface area contributed by atoms with E-state index in [-0.39, 0.29) is 12.1 Å². The van der Waals surface area contributed by atoms with Crippen LogP contribution < -0.4 is 5.73 Å². The number of nitrogens with zero attached hydrogens (tertiary/aromatic N) is 1. The molecule has 4 nitrogen and oxygen atoms in total. The molecule has 0 aromatic carbocycles. The number of morpholine rings is 1. The van der Waals surface area contributed by atoms with Crippen molar-refractivity contribution in [1.29, 1.82) is 0 Å². The molecule has 4 heteroatoms. The quantitative estimate of drug-likeness (QED) is 0.797. The van der Waals surface area contributed by atoms with E-state index in [2.05, 4.69) is 6.92 Å². The lowest BCUT2D eigenvalue weighted by molar-refractivity contribution is -0.149. The Kier molecular flexibility index (Phi) is 3.32. The molecule has 5 unspecified atom stereocenters. The van der Waals surface area contributed by atoms with Crippen LogP contribution in [0, 0.1) is 17.8 Å². The van der Waals surface area contributed by atoms with Gasteiger partial charge < -0.3 is 15.4 Å². The van der Waals surface area contributed by atoms with E-state index in [0.29, 0.717) is 37.4 Å². The van der Waals surface area contributed by atoms with Crippen molar-refractivity contribution < 1.29 is 9.53 Å². The molecule has 18 heavy (non-hydrogen) atoms. The van der Waals surface area contributed by atoms with Gasteiger partial charge in [0.25, 0.3) is 0 Å². The largest absolute Gasteiger partial charge is 0.373 e. The fraction of sp³-hybridized carbons (Fsp3) is 0.929. The van der Waals surface area contributed by atoms with Crippen LogP contribution in [-0.2, 0) is 9.53 Å². The van der Waals surface area contributed by atoms with E-state index in [1.54, 1.807) is 0 Å². The van der Waals surface area contributed by atoms with Gasteiger partial charge in [-0.1, -0.05) is 6.42 Å². The minimum atomic E-state index is 0.0312. The summed E-state index contributed by atoms with van der Waals surface area (Å²) in [5.41, 5.74) is 5.66. The minimum absolute atomic E-state index is 0.0312. The van der Waals surface area contributed by atoms with Crippen LogP contribution in [0.5, 0.6) is 0 Å². The van der Waals surface area contributed by atoms with Crippen LogP contribution in [0.3, 0.4) is 0 Å². The molecular formula is C14H24N2O2. The Labute approximate surface area is 109 Å². The molecular weight excluding hydrogens is 228 g/mol. The van der Waals surface area contributed by atoms with E-state index >= 15 is 0 Å². The molecule has 2 bridgehead atoms. The molecule has 0 aromatic heterocycles. The number of rotatable bonds is 2. The summed E-state index contributed by atoms with van der Waals surface area (Å²) < 4.78 is 5.63. The number of hydrogen-bond acceptors (Lipinski definition) is 3. The number of hydrogen-bond donors (Lipinski definition) is 1. The first-order valence-electron chi connectivity index (χ1n) is 7.31. The molecule has 0 radical (unpaired) electrons. The van der Waals surface area contributed by atoms with Crippen LogP contribution in [0.4, 0.5) is 0 Å². The summed E-state index contributed by atoms with van der Waals surface area (Å²) in [5, 5.41) is 0. The van der Waals surface area contributed by atoms with Gasteiger partial charge in [-0.25, -0.2) is 0 Å². The van der Waals surface area contributed by atoms with E-state index in [9.17, 15) is 4.79 Å². The second-order valence-electron chi connectivity index (χ2n) is 6.31. The molecule has 2 N–H and O–H groups in total. The van der Waals surface area contributed by atoms with Crippen LogP contribution in [0.2, 0.25) is 0 Å². The fourth-order valence-electron chi connectivity index (χ4n) is 4.03. The Morgan fingerprint density at radius 2 is 2.22 bits per heavy atom. The van der Waals surface area contributed by atoms with E-state index < -0.39 is 0 Å². The van der Waals surface area contributed by atoms with Crippen molar-refractivity contribution in [3.05, 3.63) is 0 Å². The van der Waals surface area contributed by atoms with Crippen molar-refractivity contribution in [2.45, 2.75) is 44.8 Å². The maximum atomic E-state index is 12.7. The van der Waals surface area contributed by atoms with Crippen molar-refractivity contribution in [3.8, 4) is 0 Å². The van der Waals surface area contributed by atoms with Gasteiger partial charge in [0.2, 0.25) is 5.91 Å². The molecule has 2 saturated carbocycles. The zero-order valence-corrected chi connectivity index (χ0v) is 11.2. The minimum Gasteiger partial charge on any atom is -0.373 e. The molecule has 1 aliphatic heterocycles. The van der Waals surface area contributed by atoms with Crippen LogP contribution in [0.1, 0.15) is 32.6 Å². The summed E-state index contributed by atoms with van der Waals surface area (Å²) in [6.45, 7) is 3.91. The lowest BCUT2D eigenvalue weighted by atomic mass is 9.87. The Morgan fingerprint density at radius 3 is 2.83 bits per heavy atom. The van der Waals surface area contributed by atoms with Gasteiger partial charge in [-0.15, -0.1) is 0 Å². The molecule has 2 aliphatic carbocycles. The van der Waals surface area contributed by atoms with Gasteiger partial charge in [-0.3, -0.25) is 4.79 Å². The second-order valence-corrected chi connectivity index (χ2v) is 6.31. The molecule has 3 fully saturated rings. The molecule has 0 spiro atoms. The van der Waals surface area contributed by atoms with Gasteiger partial charge >= 0.3 is 0 Å². The summed E-state index contributed by atoms with van der Waals surface area (Å²) in [7, 11) is 0. The topological polar surface area (TPSA) is 55.6 Å². The lowest BCUT2D eigenvalue weighted by Crippen LogP contribution is -2.54. The van der Waals surface area contributed by atoms with Gasteiger partial charge in [0, 0.05) is 19.0 Å². The molecule has 1 amide bonds. The van der Waals surface area contributed by atoms with Crippen molar-refractivity contribution in [2.75, 3.05) is 19.7 Å². The fourth-order valence-corrected chi connectivity index (χ4v) is 4.03. The standard InChI is InChI=1S/C14H24N2O2/c1-9-8-18-12(6-15)7-16(9)14(17)13-5-10-2-3-11(13)4-10/h9-13H,2-8,15H2,1H3. The maximum Gasteiger partial charge on any atom is 0.226 e. The first-order valence-corrected chi connectivity index (χ1v) is 7.31. The van der Waals surface area contributed by atoms with Gasteiger partial charge in [-0.05, 0) is 38.0 Å². The number of carbonyl (C=O) groups excluding carboxylic acids is 1. The zero-order chi connectivity index (χ0) is 12.7. The molecule has 3 rings (SSSR count). The summed E-state index contributed by atoms with van der Waals surface area (Å²) >= 11 is 0. The third-order valence-electron chi connectivity index (χ3n) is 5.11. The Bertz CT molecular complexity index is 334. The van der Waals surface area contributed by atoms with Crippen LogP contribution in [-0.4, -0.2) is 42.6 Å². The number of amides is 1. The molecule has 1 heterocycles. The Hall–Kier alpha value is -0.610. The van der Waals surface area contributed by atoms with E-state index in [4.69, 9.17) is 10.5 Å². The molecule has 3 aliphatic rings. The van der Waals surface area contributed by atoms with E-state index in [0.717, 1.165) is 12.3 Å². The van der Waals surface area contributed by atoms with Gasteiger partial charge in [-0.2, -0.15) is 0 Å². The highest BCUT2D eigenvalue weighted by Crippen LogP contribution is 2.49. The van der Waals surface area contributed by atoms with Crippen molar-refractivity contribution in [3.63, 3.8) is 0 Å². The zero-order valence-electron chi connectivity index (χ0n) is 11.2. The average molecular weight is 252 g/mol. The van der Waals surface area contributed by atoms with Crippen LogP contribution >= 0.6 is 0 Å². The average Bonchev–Trinajstić information content (AvgIpc) is 3.01. The van der Waals surface area contributed by atoms with E-state index in [1.165, 1.54) is 19.3 Å². The normalized spacial score (nSPS) is 43.4. The number of fused-ring (bicyclic) bond motifs is 2. The van der Waals surface area contributed by atoms with Crippen LogP contribution in [0.25, 0.3) is 0 Å². The number of nitrogens with two attached hydrogens (primary N) is 1. The first-order chi connectivity index (χ1) is 8.69. The molecule has 102 valence electrons. The highest BCUT2D eigenvalue weighted by molar-refractivity contribution is 5.80. The lowest BCUT2D eigenvalue weighted by Gasteiger charge is -2.40. The number of ether oxygens (including phenoxy) is 1. The number of carbonyl (C=O) groups is 1. The predicted octanol–water partition coefficient (Wildman–Crippen LogP) is 0.997. The van der Waals surface area contributed by atoms with E-state index in [1.807, 2.05) is 4.90 Å². The summed E-state index contributed by atoms with van der Waals surface area (Å²) in [5.74, 6) is 2.15. The van der Waals surface area contributed by atoms with Crippen molar-refractivity contribution in [1.82, 2.24) is 4.90 Å². The summed E-state index contributed by atoms with van der Waals surface area (Å²) in [4.78, 5) is 14.7. The third kappa shape index (κ3) is 2.05. The highest BCUT2D eigenvalue weighted by atomic mass is 16.5. The molecule has 1 saturated heterocycles. The summed E-state index contributed by atoms with van der Waals surface area (Å²) in [6.07, 6.45) is 5.05. The van der Waals surface area contributed by atoms with Crippen LogP contribution in [0.15, 0.2) is 0 Å². The monoisotopic (exact) mass is 252 g/mol. The molecule has 0 aromatic rings. The van der Waals surface area contributed by atoms with Crippen molar-refractivity contribution >= 4 is 5.91 Å². The second kappa shape index (κ2) is 4.82. The highest BCUT2D eigenvalue weighted by Gasteiger charge is 2.45. The maximum absolute atomic E-state index is 12.7. The first kappa shape index (κ1) is 12.4. The summed E-state index contributed by atoms with van der Waals surface area (Å²) in [6, 6.07) is 0.208. The van der Waals surface area contributed by atoms with Gasteiger partial charge in [0.1, 0.15) is 0 Å². The predicted molar refractivity (Wildman–Crippen MR) is 68.9 cm³/mol. The van der Waals surface area contributed by atoms with Gasteiger partial charge in [0.15, 0.2) is 0 Å². The molecule has 5 atom stereocenters. The Morgan fingerprint density at radius 1 is 1.39 bits per heavy atom. The SMILES string of the molecule is CC1COC(CN)CN1C(=O)C1CC2CCC1C2. The third-order valence-corrected chi connectivity index (χ3v) is 5.11. The van der Waals surface area contributed by atoms with Gasteiger partial charge in [0.05, 0.1) is 18.8 Å². The Balaban J connectivity index is 1.67.